The van der Waals surface area contributed by atoms with E-state index in [1.54, 1.807) is 19.1 Å². The number of hydrogen-bond donors (Lipinski definition) is 1. The maximum absolute atomic E-state index is 12.2. The molecule has 1 aromatic rings. The molecule has 1 fully saturated rings. The average molecular weight is 316 g/mol. The summed E-state index contributed by atoms with van der Waals surface area (Å²) in [6.07, 6.45) is -2.95. The molecule has 118 valence electrons. The van der Waals surface area contributed by atoms with Crippen LogP contribution in [0, 0.1) is 6.92 Å². The zero-order valence-corrected chi connectivity index (χ0v) is 13.0. The Kier molecular flexibility index (Phi) is 5.00. The molecule has 1 aliphatic heterocycles. The van der Waals surface area contributed by atoms with E-state index < -0.39 is 34.7 Å². The van der Waals surface area contributed by atoms with Crippen molar-refractivity contribution in [2.45, 2.75) is 49.8 Å². The van der Waals surface area contributed by atoms with E-state index in [2.05, 4.69) is 0 Å². The summed E-state index contributed by atoms with van der Waals surface area (Å²) in [5.41, 5.74) is 0.952. The molecule has 0 saturated carbocycles. The van der Waals surface area contributed by atoms with Gasteiger partial charge in [-0.2, -0.15) is 8.42 Å². The van der Waals surface area contributed by atoms with Crippen molar-refractivity contribution in [2.75, 3.05) is 7.11 Å². The lowest BCUT2D eigenvalue weighted by atomic mass is 10.0. The summed E-state index contributed by atoms with van der Waals surface area (Å²) in [7, 11) is -2.48. The third-order valence-corrected chi connectivity index (χ3v) is 4.83. The van der Waals surface area contributed by atoms with Crippen molar-refractivity contribution in [3.05, 3.63) is 29.8 Å². The fourth-order valence-corrected chi connectivity index (χ4v) is 3.28. The van der Waals surface area contributed by atoms with E-state index in [1.165, 1.54) is 19.2 Å². The van der Waals surface area contributed by atoms with Crippen LogP contribution < -0.4 is 0 Å². The molecule has 0 spiro atoms. The van der Waals surface area contributed by atoms with Gasteiger partial charge in [0.25, 0.3) is 10.1 Å². The molecule has 0 aliphatic carbocycles. The van der Waals surface area contributed by atoms with Crippen LogP contribution in [-0.4, -0.2) is 45.2 Å². The van der Waals surface area contributed by atoms with Gasteiger partial charge in [0.15, 0.2) is 6.29 Å². The highest BCUT2D eigenvalue weighted by molar-refractivity contribution is 7.86. The summed E-state index contributed by atoms with van der Waals surface area (Å²) in [6.45, 7) is 3.51. The Morgan fingerprint density at radius 1 is 1.29 bits per heavy atom. The minimum Gasteiger partial charge on any atom is -0.388 e. The predicted octanol–water partition coefficient (Wildman–Crippen LogP) is 1.21. The van der Waals surface area contributed by atoms with Gasteiger partial charge in [0.1, 0.15) is 12.2 Å². The monoisotopic (exact) mass is 316 g/mol. The average Bonchev–Trinajstić information content (AvgIpc) is 2.43. The molecule has 1 aliphatic rings. The van der Waals surface area contributed by atoms with Crippen LogP contribution in [0.5, 0.6) is 0 Å². The minimum atomic E-state index is -3.94. The Bertz CT molecular complexity index is 568. The van der Waals surface area contributed by atoms with Gasteiger partial charge in [-0.25, -0.2) is 0 Å². The first-order valence-electron chi connectivity index (χ1n) is 6.70. The summed E-state index contributed by atoms with van der Waals surface area (Å²) in [6, 6.07) is 6.34. The van der Waals surface area contributed by atoms with Crippen LogP contribution >= 0.6 is 0 Å². The molecule has 7 heteroatoms. The van der Waals surface area contributed by atoms with Crippen molar-refractivity contribution in [3.63, 3.8) is 0 Å². The first-order valence-corrected chi connectivity index (χ1v) is 8.10. The van der Waals surface area contributed by atoms with Crippen LogP contribution in [0.1, 0.15) is 18.9 Å². The van der Waals surface area contributed by atoms with E-state index in [1.807, 2.05) is 6.92 Å². The SMILES string of the molecule is CO[C@@H]1C[C@H](OS(=O)(=O)c2ccc(C)cc2)[C@@H](O)[C@@H](C)O1. The Morgan fingerprint density at radius 3 is 2.48 bits per heavy atom. The fourth-order valence-electron chi connectivity index (χ4n) is 2.18. The summed E-state index contributed by atoms with van der Waals surface area (Å²) in [5.74, 6) is 0. The van der Waals surface area contributed by atoms with Gasteiger partial charge in [-0.15, -0.1) is 0 Å². The van der Waals surface area contributed by atoms with Crippen LogP contribution in [0.3, 0.4) is 0 Å². The number of ether oxygens (including phenoxy) is 2. The van der Waals surface area contributed by atoms with E-state index in [-0.39, 0.29) is 11.3 Å². The van der Waals surface area contributed by atoms with Crippen LogP contribution in [-0.2, 0) is 23.8 Å². The molecular formula is C14H20O6S. The third-order valence-electron chi connectivity index (χ3n) is 3.48. The molecule has 0 amide bonds. The number of rotatable bonds is 4. The molecule has 1 saturated heterocycles. The molecule has 1 N–H and O–H groups in total. The summed E-state index contributed by atoms with van der Waals surface area (Å²) >= 11 is 0. The molecule has 1 heterocycles. The maximum Gasteiger partial charge on any atom is 0.297 e. The summed E-state index contributed by atoms with van der Waals surface area (Å²) < 4.78 is 40.1. The molecule has 1 aromatic carbocycles. The van der Waals surface area contributed by atoms with Crippen molar-refractivity contribution < 1.29 is 27.2 Å². The second kappa shape index (κ2) is 6.41. The van der Waals surface area contributed by atoms with Gasteiger partial charge in [0, 0.05) is 13.5 Å². The Hall–Kier alpha value is -0.990. The number of aliphatic hydroxyl groups is 1. The number of aliphatic hydroxyl groups excluding tert-OH is 1. The zero-order chi connectivity index (χ0) is 15.6. The molecule has 0 unspecified atom stereocenters. The number of aryl methyl sites for hydroxylation is 1. The molecule has 0 bridgehead atoms. The smallest absolute Gasteiger partial charge is 0.297 e. The van der Waals surface area contributed by atoms with Gasteiger partial charge < -0.3 is 14.6 Å². The highest BCUT2D eigenvalue weighted by Gasteiger charge is 2.39. The lowest BCUT2D eigenvalue weighted by molar-refractivity contribution is -0.232. The molecule has 4 atom stereocenters. The van der Waals surface area contributed by atoms with Gasteiger partial charge in [-0.1, -0.05) is 17.7 Å². The number of methoxy groups -OCH3 is 1. The van der Waals surface area contributed by atoms with E-state index in [9.17, 15) is 13.5 Å². The summed E-state index contributed by atoms with van der Waals surface area (Å²) in [5, 5.41) is 10.0. The van der Waals surface area contributed by atoms with Crippen LogP contribution in [0.2, 0.25) is 0 Å². The standard InChI is InChI=1S/C14H20O6S/c1-9-4-6-11(7-5-9)21(16,17)20-12-8-13(18-3)19-10(2)14(12)15/h4-7,10,12-15H,8H2,1-3H3/t10-,12+,13+,14+/m1/s1. The third kappa shape index (κ3) is 3.81. The second-order valence-corrected chi connectivity index (χ2v) is 6.71. The topological polar surface area (TPSA) is 82.1 Å². The molecule has 21 heavy (non-hydrogen) atoms. The Labute approximate surface area is 124 Å². The number of benzene rings is 1. The molecule has 0 radical (unpaired) electrons. The van der Waals surface area contributed by atoms with Gasteiger partial charge in [0.2, 0.25) is 0 Å². The van der Waals surface area contributed by atoms with Crippen LogP contribution in [0.4, 0.5) is 0 Å². The highest BCUT2D eigenvalue weighted by atomic mass is 32.2. The van der Waals surface area contributed by atoms with E-state index in [0.717, 1.165) is 5.56 Å². The first kappa shape index (κ1) is 16.4. The lowest BCUT2D eigenvalue weighted by Gasteiger charge is -2.36. The fraction of sp³-hybridized carbons (Fsp3) is 0.571. The zero-order valence-electron chi connectivity index (χ0n) is 12.2. The number of hydrogen-bond acceptors (Lipinski definition) is 6. The van der Waals surface area contributed by atoms with E-state index >= 15 is 0 Å². The van der Waals surface area contributed by atoms with Gasteiger partial charge in [-0.3, -0.25) is 4.18 Å². The van der Waals surface area contributed by atoms with Gasteiger partial charge in [-0.05, 0) is 26.0 Å². The van der Waals surface area contributed by atoms with Crippen molar-refractivity contribution in [3.8, 4) is 0 Å². The highest BCUT2D eigenvalue weighted by Crippen LogP contribution is 2.26. The Morgan fingerprint density at radius 2 is 1.90 bits per heavy atom. The summed E-state index contributed by atoms with van der Waals surface area (Å²) in [4.78, 5) is 0.0633. The predicted molar refractivity (Wildman–Crippen MR) is 75.2 cm³/mol. The van der Waals surface area contributed by atoms with Crippen LogP contribution in [0.25, 0.3) is 0 Å². The normalized spacial score (nSPS) is 30.3. The van der Waals surface area contributed by atoms with Gasteiger partial charge >= 0.3 is 0 Å². The second-order valence-electron chi connectivity index (χ2n) is 5.13. The molecular weight excluding hydrogens is 296 g/mol. The molecule has 6 nitrogen and oxygen atoms in total. The first-order chi connectivity index (χ1) is 9.83. The van der Waals surface area contributed by atoms with Crippen molar-refractivity contribution in [1.82, 2.24) is 0 Å². The van der Waals surface area contributed by atoms with Gasteiger partial charge in [0.05, 0.1) is 11.0 Å². The Balaban J connectivity index is 2.16. The van der Waals surface area contributed by atoms with Crippen molar-refractivity contribution in [2.24, 2.45) is 0 Å². The maximum atomic E-state index is 12.2. The van der Waals surface area contributed by atoms with Crippen LogP contribution in [0.15, 0.2) is 29.2 Å². The van der Waals surface area contributed by atoms with E-state index in [4.69, 9.17) is 13.7 Å². The van der Waals surface area contributed by atoms with Crippen molar-refractivity contribution >= 4 is 10.1 Å². The largest absolute Gasteiger partial charge is 0.388 e. The van der Waals surface area contributed by atoms with E-state index in [0.29, 0.717) is 0 Å². The minimum absolute atomic E-state index is 0.0633. The molecule has 0 aromatic heterocycles. The van der Waals surface area contributed by atoms with Crippen molar-refractivity contribution in [1.29, 1.82) is 0 Å². The molecule has 2 rings (SSSR count). The lowest BCUT2D eigenvalue weighted by Crippen LogP contribution is -2.49. The quantitative estimate of drug-likeness (QED) is 0.841.